The van der Waals surface area contributed by atoms with Crippen molar-refractivity contribution in [2.24, 2.45) is 0 Å². The maximum Gasteiger partial charge on any atom is 0.0716 e. The van der Waals surface area contributed by atoms with Gasteiger partial charge in [0, 0.05) is 12.4 Å². The summed E-state index contributed by atoms with van der Waals surface area (Å²) in [6, 6.07) is 4.10. The fourth-order valence-electron chi connectivity index (χ4n) is 1.32. The molecule has 2 heterocycles. The molecule has 0 spiro atoms. The number of rotatable bonds is 3. The molecule has 2 aromatic rings. The summed E-state index contributed by atoms with van der Waals surface area (Å²) in [5.74, 6) is 0. The van der Waals surface area contributed by atoms with E-state index in [1.807, 2.05) is 25.4 Å². The molecule has 72 valence electrons. The average molecular weight is 206 g/mol. The Morgan fingerprint density at radius 2 is 2.36 bits per heavy atom. The van der Waals surface area contributed by atoms with Gasteiger partial charge in [-0.05, 0) is 30.2 Å². The van der Waals surface area contributed by atoms with Crippen LogP contribution in [0.15, 0.2) is 30.7 Å². The molecule has 2 rings (SSSR count). The average Bonchev–Trinajstić information content (AvgIpc) is 2.74. The molecular formula is C9H10N4S. The minimum absolute atomic E-state index is 0.142. The van der Waals surface area contributed by atoms with E-state index in [9.17, 15) is 0 Å². The van der Waals surface area contributed by atoms with E-state index in [4.69, 9.17) is 0 Å². The lowest BCUT2D eigenvalue weighted by atomic mass is 10.1. The van der Waals surface area contributed by atoms with Crippen LogP contribution in [0, 0.1) is 0 Å². The van der Waals surface area contributed by atoms with Gasteiger partial charge in [0.2, 0.25) is 0 Å². The Labute approximate surface area is 86.2 Å². The Kier molecular flexibility index (Phi) is 2.81. The molecule has 4 nitrogen and oxygen atoms in total. The van der Waals surface area contributed by atoms with Gasteiger partial charge in [-0.3, -0.25) is 4.98 Å². The molecule has 0 aliphatic carbocycles. The molecule has 0 radical (unpaired) electrons. The van der Waals surface area contributed by atoms with Gasteiger partial charge in [0.25, 0.3) is 0 Å². The summed E-state index contributed by atoms with van der Waals surface area (Å²) < 4.78 is 3.85. The van der Waals surface area contributed by atoms with Crippen molar-refractivity contribution < 1.29 is 0 Å². The predicted molar refractivity (Wildman–Crippen MR) is 55.0 cm³/mol. The highest BCUT2D eigenvalue weighted by Crippen LogP contribution is 2.22. The third-order valence-electron chi connectivity index (χ3n) is 1.97. The van der Waals surface area contributed by atoms with E-state index in [1.54, 1.807) is 12.4 Å². The van der Waals surface area contributed by atoms with Crippen molar-refractivity contribution in [1.82, 2.24) is 19.9 Å². The lowest BCUT2D eigenvalue weighted by Gasteiger charge is -2.12. The van der Waals surface area contributed by atoms with Crippen LogP contribution >= 0.6 is 11.5 Å². The molecule has 0 aromatic carbocycles. The molecule has 1 N–H and O–H groups in total. The van der Waals surface area contributed by atoms with Crippen molar-refractivity contribution >= 4 is 11.5 Å². The van der Waals surface area contributed by atoms with E-state index in [1.165, 1.54) is 11.5 Å². The molecule has 0 bridgehead atoms. The van der Waals surface area contributed by atoms with Crippen LogP contribution in [0.2, 0.25) is 0 Å². The largest absolute Gasteiger partial charge is 0.309 e. The van der Waals surface area contributed by atoms with Gasteiger partial charge in [0.15, 0.2) is 0 Å². The summed E-state index contributed by atoms with van der Waals surface area (Å²) in [6.07, 6.45) is 5.39. The van der Waals surface area contributed by atoms with Crippen LogP contribution in [0.4, 0.5) is 0 Å². The lowest BCUT2D eigenvalue weighted by Crippen LogP contribution is -2.16. The number of nitrogens with one attached hydrogen (secondary N) is 1. The van der Waals surface area contributed by atoms with Gasteiger partial charge in [-0.15, -0.1) is 5.10 Å². The Balaban J connectivity index is 2.31. The Morgan fingerprint density at radius 1 is 1.43 bits per heavy atom. The van der Waals surface area contributed by atoms with E-state index in [0.717, 1.165) is 10.4 Å². The van der Waals surface area contributed by atoms with Crippen molar-refractivity contribution in [1.29, 1.82) is 0 Å². The molecule has 0 saturated carbocycles. The molecule has 0 fully saturated rings. The Bertz CT molecular complexity index is 373. The maximum atomic E-state index is 4.09. The van der Waals surface area contributed by atoms with Crippen LogP contribution < -0.4 is 5.32 Å². The zero-order chi connectivity index (χ0) is 9.80. The fraction of sp³-hybridized carbons (Fsp3) is 0.222. The zero-order valence-corrected chi connectivity index (χ0v) is 8.53. The first-order valence-electron chi connectivity index (χ1n) is 4.26. The first kappa shape index (κ1) is 9.23. The number of aromatic nitrogens is 3. The molecule has 14 heavy (non-hydrogen) atoms. The minimum atomic E-state index is 0.142. The van der Waals surface area contributed by atoms with Gasteiger partial charge in [0.1, 0.15) is 0 Å². The van der Waals surface area contributed by atoms with E-state index >= 15 is 0 Å². The third-order valence-corrected chi connectivity index (χ3v) is 2.70. The molecular weight excluding hydrogens is 196 g/mol. The highest BCUT2D eigenvalue weighted by atomic mass is 32.1. The first-order valence-corrected chi connectivity index (χ1v) is 5.03. The summed E-state index contributed by atoms with van der Waals surface area (Å²) in [7, 11) is 1.91. The summed E-state index contributed by atoms with van der Waals surface area (Å²) in [4.78, 5) is 5.18. The lowest BCUT2D eigenvalue weighted by molar-refractivity contribution is 0.699. The quantitative estimate of drug-likeness (QED) is 0.821. The highest BCUT2D eigenvalue weighted by Gasteiger charge is 2.13. The Hall–Kier alpha value is -1.33. The molecule has 2 aromatic heterocycles. The smallest absolute Gasteiger partial charge is 0.0716 e. The first-order chi connectivity index (χ1) is 6.92. The van der Waals surface area contributed by atoms with Crippen molar-refractivity contribution in [2.45, 2.75) is 6.04 Å². The maximum absolute atomic E-state index is 4.09. The molecule has 1 unspecified atom stereocenters. The zero-order valence-electron chi connectivity index (χ0n) is 7.71. The molecule has 0 aliphatic rings. The summed E-state index contributed by atoms with van der Waals surface area (Å²) >= 11 is 1.40. The van der Waals surface area contributed by atoms with Crippen LogP contribution in [-0.4, -0.2) is 21.6 Å². The van der Waals surface area contributed by atoms with Crippen molar-refractivity contribution in [3.05, 3.63) is 41.2 Å². The minimum Gasteiger partial charge on any atom is -0.309 e. The van der Waals surface area contributed by atoms with Crippen LogP contribution in [0.3, 0.4) is 0 Å². The van der Waals surface area contributed by atoms with E-state index < -0.39 is 0 Å². The van der Waals surface area contributed by atoms with Gasteiger partial charge >= 0.3 is 0 Å². The van der Waals surface area contributed by atoms with Crippen LogP contribution in [-0.2, 0) is 0 Å². The normalized spacial score (nSPS) is 12.6. The van der Waals surface area contributed by atoms with Crippen molar-refractivity contribution in [3.8, 4) is 0 Å². The van der Waals surface area contributed by atoms with Gasteiger partial charge in [-0.25, -0.2) is 0 Å². The van der Waals surface area contributed by atoms with E-state index in [-0.39, 0.29) is 6.04 Å². The standard InChI is InChI=1S/C9H10N4S/c1-10-9(8-6-12-13-14-8)7-3-2-4-11-5-7/h2-6,9-10H,1H3. The predicted octanol–water partition coefficient (Wildman–Crippen LogP) is 1.24. The van der Waals surface area contributed by atoms with E-state index in [2.05, 4.69) is 19.9 Å². The molecule has 1 atom stereocenters. The summed E-state index contributed by atoms with van der Waals surface area (Å²) in [5, 5.41) is 7.04. The molecule has 0 amide bonds. The summed E-state index contributed by atoms with van der Waals surface area (Å²) in [6.45, 7) is 0. The van der Waals surface area contributed by atoms with Gasteiger partial charge in [-0.2, -0.15) is 0 Å². The molecule has 0 saturated heterocycles. The second-order valence-electron chi connectivity index (χ2n) is 2.83. The Morgan fingerprint density at radius 3 is 2.93 bits per heavy atom. The highest BCUT2D eigenvalue weighted by molar-refractivity contribution is 7.05. The third kappa shape index (κ3) is 1.78. The second kappa shape index (κ2) is 4.26. The van der Waals surface area contributed by atoms with Gasteiger partial charge in [-0.1, -0.05) is 10.6 Å². The fourth-order valence-corrected chi connectivity index (χ4v) is 1.96. The van der Waals surface area contributed by atoms with Crippen LogP contribution in [0.5, 0.6) is 0 Å². The topological polar surface area (TPSA) is 50.7 Å². The van der Waals surface area contributed by atoms with Crippen molar-refractivity contribution in [3.63, 3.8) is 0 Å². The SMILES string of the molecule is CNC(c1cccnc1)c1cnns1. The number of pyridine rings is 1. The number of hydrogen-bond acceptors (Lipinski definition) is 5. The summed E-state index contributed by atoms with van der Waals surface area (Å²) in [5.41, 5.74) is 1.13. The van der Waals surface area contributed by atoms with Gasteiger partial charge in [0.05, 0.1) is 17.1 Å². The van der Waals surface area contributed by atoms with Crippen molar-refractivity contribution in [2.75, 3.05) is 7.05 Å². The van der Waals surface area contributed by atoms with Crippen LogP contribution in [0.1, 0.15) is 16.5 Å². The monoisotopic (exact) mass is 206 g/mol. The number of hydrogen-bond donors (Lipinski definition) is 1. The van der Waals surface area contributed by atoms with Crippen LogP contribution in [0.25, 0.3) is 0 Å². The molecule has 5 heteroatoms. The van der Waals surface area contributed by atoms with Gasteiger partial charge < -0.3 is 5.32 Å². The number of nitrogens with zero attached hydrogens (tertiary/aromatic N) is 3. The van der Waals surface area contributed by atoms with E-state index in [0.29, 0.717) is 0 Å². The molecule has 0 aliphatic heterocycles. The second-order valence-corrected chi connectivity index (χ2v) is 3.65.